The first-order valence-electron chi connectivity index (χ1n) is 6.00. The van der Waals surface area contributed by atoms with Crippen LogP contribution in [0.3, 0.4) is 0 Å². The Balaban J connectivity index is 3.37. The van der Waals surface area contributed by atoms with Crippen molar-refractivity contribution in [3.8, 4) is 0 Å². The van der Waals surface area contributed by atoms with Crippen LogP contribution in [0.1, 0.15) is 52.9 Å². The molecule has 2 atom stereocenters. The third kappa shape index (κ3) is 7.34. The number of unbranched alkanes of at least 4 members (excludes halogenated alkanes) is 2. The molecular formula is C12H27NO. The Morgan fingerprint density at radius 2 is 1.93 bits per heavy atom. The maximum absolute atomic E-state index is 5.26. The third-order valence-corrected chi connectivity index (χ3v) is 2.65. The summed E-state index contributed by atoms with van der Waals surface area (Å²) in [5, 5.41) is 3.42. The van der Waals surface area contributed by atoms with Crippen molar-refractivity contribution in [3.05, 3.63) is 0 Å². The SMILES string of the molecule is CCCCC[C@@H](C)CN[C@H](CC)OC. The van der Waals surface area contributed by atoms with Crippen molar-refractivity contribution in [1.29, 1.82) is 0 Å². The summed E-state index contributed by atoms with van der Waals surface area (Å²) in [7, 11) is 1.77. The van der Waals surface area contributed by atoms with Gasteiger partial charge in [-0.25, -0.2) is 0 Å². The molecule has 0 saturated heterocycles. The van der Waals surface area contributed by atoms with Crippen LogP contribution < -0.4 is 5.32 Å². The van der Waals surface area contributed by atoms with E-state index in [9.17, 15) is 0 Å². The molecule has 86 valence electrons. The first-order valence-corrected chi connectivity index (χ1v) is 6.00. The van der Waals surface area contributed by atoms with Gasteiger partial charge in [-0.1, -0.05) is 40.0 Å². The average molecular weight is 201 g/mol. The van der Waals surface area contributed by atoms with Gasteiger partial charge in [-0.3, -0.25) is 5.32 Å². The van der Waals surface area contributed by atoms with Crippen molar-refractivity contribution < 1.29 is 4.74 Å². The van der Waals surface area contributed by atoms with E-state index in [-0.39, 0.29) is 6.23 Å². The van der Waals surface area contributed by atoms with Gasteiger partial charge in [-0.15, -0.1) is 0 Å². The van der Waals surface area contributed by atoms with E-state index < -0.39 is 0 Å². The highest BCUT2D eigenvalue weighted by molar-refractivity contribution is 4.59. The number of rotatable bonds is 9. The van der Waals surface area contributed by atoms with E-state index in [1.807, 2.05) is 0 Å². The Hall–Kier alpha value is -0.0800. The Morgan fingerprint density at radius 3 is 2.43 bits per heavy atom. The highest BCUT2D eigenvalue weighted by Gasteiger charge is 2.06. The smallest absolute Gasteiger partial charge is 0.107 e. The van der Waals surface area contributed by atoms with Crippen molar-refractivity contribution in [2.45, 2.75) is 59.1 Å². The number of ether oxygens (including phenoxy) is 1. The number of methoxy groups -OCH3 is 1. The topological polar surface area (TPSA) is 21.3 Å². The van der Waals surface area contributed by atoms with Gasteiger partial charge < -0.3 is 4.74 Å². The maximum atomic E-state index is 5.26. The fourth-order valence-corrected chi connectivity index (χ4v) is 1.57. The van der Waals surface area contributed by atoms with Crippen molar-refractivity contribution >= 4 is 0 Å². The van der Waals surface area contributed by atoms with E-state index in [0.29, 0.717) is 0 Å². The normalized spacial score (nSPS) is 15.4. The van der Waals surface area contributed by atoms with Gasteiger partial charge in [-0.2, -0.15) is 0 Å². The van der Waals surface area contributed by atoms with Gasteiger partial charge in [0.15, 0.2) is 0 Å². The van der Waals surface area contributed by atoms with Crippen LogP contribution in [-0.2, 0) is 4.74 Å². The van der Waals surface area contributed by atoms with Crippen LogP contribution in [0.2, 0.25) is 0 Å². The molecule has 0 heterocycles. The van der Waals surface area contributed by atoms with E-state index in [4.69, 9.17) is 4.74 Å². The second-order valence-corrected chi connectivity index (χ2v) is 4.14. The molecule has 0 aliphatic rings. The molecule has 0 radical (unpaired) electrons. The predicted molar refractivity (Wildman–Crippen MR) is 62.4 cm³/mol. The van der Waals surface area contributed by atoms with E-state index in [1.165, 1.54) is 25.7 Å². The summed E-state index contributed by atoms with van der Waals surface area (Å²) in [5.41, 5.74) is 0. The Morgan fingerprint density at radius 1 is 1.21 bits per heavy atom. The Kier molecular flexibility index (Phi) is 9.42. The highest BCUT2D eigenvalue weighted by atomic mass is 16.5. The molecule has 0 amide bonds. The van der Waals surface area contributed by atoms with Crippen LogP contribution in [0.4, 0.5) is 0 Å². The van der Waals surface area contributed by atoms with Gasteiger partial charge in [0.2, 0.25) is 0 Å². The standard InChI is InChI=1S/C12H27NO/c1-5-7-8-9-11(3)10-13-12(6-2)14-4/h11-13H,5-10H2,1-4H3/t11-,12+/m1/s1. The fourth-order valence-electron chi connectivity index (χ4n) is 1.57. The molecule has 0 aliphatic heterocycles. The lowest BCUT2D eigenvalue weighted by molar-refractivity contribution is 0.0673. The van der Waals surface area contributed by atoms with Crippen LogP contribution in [-0.4, -0.2) is 19.9 Å². The minimum Gasteiger partial charge on any atom is -0.367 e. The lowest BCUT2D eigenvalue weighted by Crippen LogP contribution is -2.33. The van der Waals surface area contributed by atoms with Crippen LogP contribution in [0.25, 0.3) is 0 Å². The molecule has 0 aliphatic carbocycles. The van der Waals surface area contributed by atoms with E-state index in [2.05, 4.69) is 26.1 Å². The minimum atomic E-state index is 0.239. The lowest BCUT2D eigenvalue weighted by atomic mass is 10.0. The highest BCUT2D eigenvalue weighted by Crippen LogP contribution is 2.08. The van der Waals surface area contributed by atoms with Crippen molar-refractivity contribution in [2.75, 3.05) is 13.7 Å². The predicted octanol–water partition coefficient (Wildman–Crippen LogP) is 3.17. The molecule has 0 rings (SSSR count). The molecule has 0 unspecified atom stereocenters. The van der Waals surface area contributed by atoms with E-state index >= 15 is 0 Å². The van der Waals surface area contributed by atoms with Crippen molar-refractivity contribution in [1.82, 2.24) is 5.32 Å². The summed E-state index contributed by atoms with van der Waals surface area (Å²) in [6, 6.07) is 0. The zero-order valence-corrected chi connectivity index (χ0v) is 10.3. The molecule has 0 spiro atoms. The summed E-state index contributed by atoms with van der Waals surface area (Å²) in [6.07, 6.45) is 6.66. The molecule has 1 N–H and O–H groups in total. The molecule has 0 fully saturated rings. The second kappa shape index (κ2) is 9.47. The maximum Gasteiger partial charge on any atom is 0.107 e. The molecule has 14 heavy (non-hydrogen) atoms. The molecule has 0 aromatic rings. The first-order chi connectivity index (χ1) is 6.74. The number of hydrogen-bond donors (Lipinski definition) is 1. The second-order valence-electron chi connectivity index (χ2n) is 4.14. The Labute approximate surface area is 89.4 Å². The largest absolute Gasteiger partial charge is 0.367 e. The quantitative estimate of drug-likeness (QED) is 0.457. The van der Waals surface area contributed by atoms with Gasteiger partial charge >= 0.3 is 0 Å². The summed E-state index contributed by atoms with van der Waals surface area (Å²) in [4.78, 5) is 0. The third-order valence-electron chi connectivity index (χ3n) is 2.65. The van der Waals surface area contributed by atoms with Crippen LogP contribution >= 0.6 is 0 Å². The molecule has 0 aromatic heterocycles. The average Bonchev–Trinajstić information content (AvgIpc) is 2.20. The molecule has 2 nitrogen and oxygen atoms in total. The van der Waals surface area contributed by atoms with Crippen LogP contribution in [0, 0.1) is 5.92 Å². The molecule has 0 bridgehead atoms. The first kappa shape index (κ1) is 13.9. The van der Waals surface area contributed by atoms with Gasteiger partial charge in [0.1, 0.15) is 6.23 Å². The van der Waals surface area contributed by atoms with Crippen LogP contribution in [0.5, 0.6) is 0 Å². The van der Waals surface area contributed by atoms with Gasteiger partial charge in [0, 0.05) is 13.7 Å². The number of nitrogens with one attached hydrogen (secondary N) is 1. The fraction of sp³-hybridized carbons (Fsp3) is 1.00. The van der Waals surface area contributed by atoms with Crippen molar-refractivity contribution in [2.24, 2.45) is 5.92 Å². The molecular weight excluding hydrogens is 174 g/mol. The Bertz CT molecular complexity index is 113. The summed E-state index contributed by atoms with van der Waals surface area (Å²) < 4.78 is 5.26. The zero-order valence-electron chi connectivity index (χ0n) is 10.3. The number of hydrogen-bond acceptors (Lipinski definition) is 2. The monoisotopic (exact) mass is 201 g/mol. The zero-order chi connectivity index (χ0) is 10.8. The minimum absolute atomic E-state index is 0.239. The van der Waals surface area contributed by atoms with Gasteiger partial charge in [0.25, 0.3) is 0 Å². The van der Waals surface area contributed by atoms with Crippen molar-refractivity contribution in [3.63, 3.8) is 0 Å². The molecule has 2 heteroatoms. The van der Waals surface area contributed by atoms with E-state index in [1.54, 1.807) is 7.11 Å². The summed E-state index contributed by atoms with van der Waals surface area (Å²) in [5.74, 6) is 0.769. The van der Waals surface area contributed by atoms with Gasteiger partial charge in [-0.05, 0) is 18.8 Å². The summed E-state index contributed by atoms with van der Waals surface area (Å²) >= 11 is 0. The van der Waals surface area contributed by atoms with Gasteiger partial charge in [0.05, 0.1) is 0 Å². The summed E-state index contributed by atoms with van der Waals surface area (Å²) in [6.45, 7) is 7.78. The lowest BCUT2D eigenvalue weighted by Gasteiger charge is -2.18. The molecule has 0 saturated carbocycles. The molecule has 0 aromatic carbocycles. The van der Waals surface area contributed by atoms with E-state index in [0.717, 1.165) is 18.9 Å². The van der Waals surface area contributed by atoms with Crippen LogP contribution in [0.15, 0.2) is 0 Å².